The number of hydrogen-bond acceptors (Lipinski definition) is 4. The third-order valence-electron chi connectivity index (χ3n) is 4.66. The number of rotatable bonds is 4. The predicted molar refractivity (Wildman–Crippen MR) is 99.4 cm³/mol. The number of nitrogens with zero attached hydrogens (tertiary/aromatic N) is 3. The van der Waals surface area contributed by atoms with Gasteiger partial charge in [-0.2, -0.15) is 0 Å². The highest BCUT2D eigenvalue weighted by atomic mass is 16.5. The van der Waals surface area contributed by atoms with Gasteiger partial charge < -0.3 is 14.5 Å². The Morgan fingerprint density at radius 3 is 2.48 bits per heavy atom. The first-order valence-electron chi connectivity index (χ1n) is 8.73. The van der Waals surface area contributed by atoms with Crippen LogP contribution in [0.25, 0.3) is 0 Å². The van der Waals surface area contributed by atoms with Gasteiger partial charge in [0.15, 0.2) is 0 Å². The molecule has 0 aliphatic carbocycles. The van der Waals surface area contributed by atoms with Crippen molar-refractivity contribution in [3.63, 3.8) is 0 Å². The fraction of sp³-hybridized carbons (Fsp3) is 0.400. The minimum atomic E-state index is 0.0417. The summed E-state index contributed by atoms with van der Waals surface area (Å²) >= 11 is 0. The molecule has 25 heavy (non-hydrogen) atoms. The molecule has 3 rings (SSSR count). The molecule has 0 N–H and O–H groups in total. The van der Waals surface area contributed by atoms with E-state index in [4.69, 9.17) is 4.74 Å². The van der Waals surface area contributed by atoms with Crippen LogP contribution in [0.4, 0.5) is 5.82 Å². The van der Waals surface area contributed by atoms with Crippen LogP contribution in [-0.4, -0.2) is 49.1 Å². The van der Waals surface area contributed by atoms with E-state index in [0.717, 1.165) is 24.5 Å². The molecular weight excluding hydrogens is 314 g/mol. The van der Waals surface area contributed by atoms with Gasteiger partial charge in [0, 0.05) is 32.4 Å². The molecule has 1 aromatic heterocycles. The standard InChI is InChI=1S/C20H25N3O2/c1-15(2)16-7-8-18(25-3)17(14-16)20(24)23-12-10-22(11-13-23)19-6-4-5-9-21-19/h4-9,14-15H,10-13H2,1-3H3. The van der Waals surface area contributed by atoms with Gasteiger partial charge in [-0.3, -0.25) is 4.79 Å². The Morgan fingerprint density at radius 1 is 1.12 bits per heavy atom. The van der Waals surface area contributed by atoms with Crippen LogP contribution in [0.5, 0.6) is 5.75 Å². The average Bonchev–Trinajstić information content (AvgIpc) is 2.67. The van der Waals surface area contributed by atoms with Crippen LogP contribution in [0.1, 0.15) is 35.7 Å². The monoisotopic (exact) mass is 339 g/mol. The summed E-state index contributed by atoms with van der Waals surface area (Å²) in [6, 6.07) is 11.8. The van der Waals surface area contributed by atoms with Crippen LogP contribution < -0.4 is 9.64 Å². The van der Waals surface area contributed by atoms with Crippen LogP contribution in [0.2, 0.25) is 0 Å². The van der Waals surface area contributed by atoms with Crippen molar-refractivity contribution in [2.75, 3.05) is 38.2 Å². The lowest BCUT2D eigenvalue weighted by Crippen LogP contribution is -2.49. The van der Waals surface area contributed by atoms with Crippen LogP contribution in [0.3, 0.4) is 0 Å². The summed E-state index contributed by atoms with van der Waals surface area (Å²) in [6.45, 7) is 7.20. The third-order valence-corrected chi connectivity index (χ3v) is 4.66. The molecule has 0 radical (unpaired) electrons. The van der Waals surface area contributed by atoms with E-state index >= 15 is 0 Å². The van der Waals surface area contributed by atoms with E-state index in [1.54, 1.807) is 13.3 Å². The van der Waals surface area contributed by atoms with E-state index in [9.17, 15) is 4.79 Å². The Morgan fingerprint density at radius 2 is 1.88 bits per heavy atom. The van der Waals surface area contributed by atoms with Crippen molar-refractivity contribution in [3.05, 3.63) is 53.7 Å². The number of hydrogen-bond donors (Lipinski definition) is 0. The topological polar surface area (TPSA) is 45.7 Å². The highest BCUT2D eigenvalue weighted by Crippen LogP contribution is 2.26. The third kappa shape index (κ3) is 3.76. The molecule has 132 valence electrons. The van der Waals surface area contributed by atoms with Crippen molar-refractivity contribution in [2.24, 2.45) is 0 Å². The highest BCUT2D eigenvalue weighted by Gasteiger charge is 2.25. The molecule has 0 saturated carbocycles. The van der Waals surface area contributed by atoms with Crippen LogP contribution in [0, 0.1) is 0 Å². The van der Waals surface area contributed by atoms with Gasteiger partial charge in [-0.05, 0) is 35.7 Å². The Labute approximate surface area is 149 Å². The van der Waals surface area contributed by atoms with Crippen molar-refractivity contribution in [1.29, 1.82) is 0 Å². The number of methoxy groups -OCH3 is 1. The molecule has 0 spiro atoms. The summed E-state index contributed by atoms with van der Waals surface area (Å²) < 4.78 is 5.41. The van der Waals surface area contributed by atoms with Crippen LogP contribution in [0.15, 0.2) is 42.6 Å². The molecular formula is C20H25N3O2. The van der Waals surface area contributed by atoms with E-state index in [-0.39, 0.29) is 5.91 Å². The molecule has 5 heteroatoms. The Balaban J connectivity index is 1.73. The van der Waals surface area contributed by atoms with E-state index in [0.29, 0.717) is 30.3 Å². The number of pyridine rings is 1. The first-order valence-corrected chi connectivity index (χ1v) is 8.73. The molecule has 1 saturated heterocycles. The van der Waals surface area contributed by atoms with Gasteiger partial charge in [0.25, 0.3) is 5.91 Å². The quantitative estimate of drug-likeness (QED) is 0.858. The number of carbonyl (C=O) groups is 1. The SMILES string of the molecule is COc1ccc(C(C)C)cc1C(=O)N1CCN(c2ccccn2)CC1. The maximum atomic E-state index is 13.0. The maximum absolute atomic E-state index is 13.0. The number of piperazine rings is 1. The normalized spacial score (nSPS) is 14.7. The van der Waals surface area contributed by atoms with E-state index in [1.807, 2.05) is 41.3 Å². The van der Waals surface area contributed by atoms with Crippen LogP contribution in [-0.2, 0) is 0 Å². The molecule has 0 unspecified atom stereocenters. The zero-order valence-electron chi connectivity index (χ0n) is 15.1. The summed E-state index contributed by atoms with van der Waals surface area (Å²) in [6.07, 6.45) is 1.80. The van der Waals surface area contributed by atoms with Gasteiger partial charge in [-0.1, -0.05) is 26.0 Å². The molecule has 1 aliphatic heterocycles. The minimum absolute atomic E-state index is 0.0417. The summed E-state index contributed by atoms with van der Waals surface area (Å²) in [4.78, 5) is 21.5. The maximum Gasteiger partial charge on any atom is 0.257 e. The van der Waals surface area contributed by atoms with Gasteiger partial charge in [-0.25, -0.2) is 4.98 Å². The van der Waals surface area contributed by atoms with Gasteiger partial charge in [0.1, 0.15) is 11.6 Å². The molecule has 5 nitrogen and oxygen atoms in total. The molecule has 1 aliphatic rings. The number of aromatic nitrogens is 1. The van der Waals surface area contributed by atoms with Gasteiger partial charge in [0.05, 0.1) is 12.7 Å². The fourth-order valence-electron chi connectivity index (χ4n) is 3.10. The molecule has 1 amide bonds. The number of benzene rings is 1. The number of ether oxygens (including phenoxy) is 1. The largest absolute Gasteiger partial charge is 0.496 e. The van der Waals surface area contributed by atoms with E-state index < -0.39 is 0 Å². The van der Waals surface area contributed by atoms with Crippen molar-refractivity contribution < 1.29 is 9.53 Å². The zero-order valence-corrected chi connectivity index (χ0v) is 15.1. The van der Waals surface area contributed by atoms with Gasteiger partial charge in [0.2, 0.25) is 0 Å². The Hall–Kier alpha value is -2.56. The molecule has 1 fully saturated rings. The molecule has 0 atom stereocenters. The van der Waals surface area contributed by atoms with E-state index in [1.165, 1.54) is 0 Å². The number of anilines is 1. The molecule has 1 aromatic carbocycles. The fourth-order valence-corrected chi connectivity index (χ4v) is 3.10. The lowest BCUT2D eigenvalue weighted by Gasteiger charge is -2.35. The van der Waals surface area contributed by atoms with Crippen molar-refractivity contribution in [2.45, 2.75) is 19.8 Å². The average molecular weight is 339 g/mol. The summed E-state index contributed by atoms with van der Waals surface area (Å²) in [5.41, 5.74) is 1.80. The lowest BCUT2D eigenvalue weighted by molar-refractivity contribution is 0.0743. The first kappa shape index (κ1) is 17.3. The molecule has 0 bridgehead atoms. The van der Waals surface area contributed by atoms with Crippen molar-refractivity contribution in [3.8, 4) is 5.75 Å². The molecule has 2 heterocycles. The van der Waals surface area contributed by atoms with Crippen molar-refractivity contribution >= 4 is 11.7 Å². The summed E-state index contributed by atoms with van der Waals surface area (Å²) in [7, 11) is 1.61. The first-order chi connectivity index (χ1) is 12.1. The van der Waals surface area contributed by atoms with Crippen molar-refractivity contribution in [1.82, 2.24) is 9.88 Å². The van der Waals surface area contributed by atoms with E-state index in [2.05, 4.69) is 23.7 Å². The highest BCUT2D eigenvalue weighted by molar-refractivity contribution is 5.97. The Kier molecular flexibility index (Phi) is 5.22. The second kappa shape index (κ2) is 7.55. The minimum Gasteiger partial charge on any atom is -0.496 e. The van der Waals surface area contributed by atoms with Crippen LogP contribution >= 0.6 is 0 Å². The van der Waals surface area contributed by atoms with Gasteiger partial charge >= 0.3 is 0 Å². The predicted octanol–water partition coefficient (Wildman–Crippen LogP) is 3.18. The zero-order chi connectivity index (χ0) is 17.8. The molecule has 2 aromatic rings. The number of amides is 1. The lowest BCUT2D eigenvalue weighted by atomic mass is 9.99. The summed E-state index contributed by atoms with van der Waals surface area (Å²) in [5, 5.41) is 0. The second-order valence-electron chi connectivity index (χ2n) is 6.58. The van der Waals surface area contributed by atoms with Gasteiger partial charge in [-0.15, -0.1) is 0 Å². The summed E-state index contributed by atoms with van der Waals surface area (Å²) in [5.74, 6) is 2.02. The number of carbonyl (C=O) groups excluding carboxylic acids is 1. The second-order valence-corrected chi connectivity index (χ2v) is 6.58. The Bertz CT molecular complexity index is 723. The smallest absolute Gasteiger partial charge is 0.257 e.